The van der Waals surface area contributed by atoms with Crippen LogP contribution in [0.4, 0.5) is 23.7 Å². The quantitative estimate of drug-likeness (QED) is 0.688. The van der Waals surface area contributed by atoms with Gasteiger partial charge in [0.05, 0.1) is 24.4 Å². The van der Waals surface area contributed by atoms with Crippen LogP contribution in [-0.4, -0.2) is 25.8 Å². The van der Waals surface area contributed by atoms with Gasteiger partial charge in [-0.3, -0.25) is 0 Å². The fourth-order valence-electron chi connectivity index (χ4n) is 2.33. The van der Waals surface area contributed by atoms with Gasteiger partial charge in [0.15, 0.2) is 0 Å². The molecule has 0 aliphatic rings. The molecule has 0 bridgehead atoms. The van der Waals surface area contributed by atoms with Crippen LogP contribution in [0.15, 0.2) is 42.5 Å². The lowest BCUT2D eigenvalue weighted by molar-refractivity contribution is -0.137. The summed E-state index contributed by atoms with van der Waals surface area (Å²) in [7, 11) is 0. The van der Waals surface area contributed by atoms with Gasteiger partial charge in [0.2, 0.25) is 0 Å². The number of carbonyl (C=O) groups is 1. The Bertz CT molecular complexity index is 779. The van der Waals surface area contributed by atoms with Gasteiger partial charge in [0.1, 0.15) is 18.1 Å². The number of ether oxygens (including phenoxy) is 2. The van der Waals surface area contributed by atoms with E-state index in [4.69, 9.17) is 9.47 Å². The molecule has 5 nitrogen and oxygen atoms in total. The van der Waals surface area contributed by atoms with Crippen molar-refractivity contribution in [2.24, 2.45) is 0 Å². The Kier molecular flexibility index (Phi) is 6.92. The molecule has 0 fully saturated rings. The number of rotatable bonds is 7. The van der Waals surface area contributed by atoms with E-state index in [0.717, 1.165) is 17.7 Å². The molecule has 146 valence electrons. The van der Waals surface area contributed by atoms with Crippen molar-refractivity contribution >= 4 is 11.7 Å². The molecule has 0 aromatic heterocycles. The Labute approximate surface area is 155 Å². The lowest BCUT2D eigenvalue weighted by atomic mass is 10.1. The standard InChI is InChI=1S/C19H21F3N2O3/c1-3-26-15-7-8-17(16(12-15)19(20,21)22)24-18(25)23-9-10-27-14-6-4-5-13(2)11-14/h4-8,11-12H,3,9-10H2,1-2H3,(H2,23,24,25). The molecule has 0 saturated carbocycles. The number of nitrogens with one attached hydrogen (secondary N) is 2. The van der Waals surface area contributed by atoms with Crippen molar-refractivity contribution in [3.63, 3.8) is 0 Å². The molecule has 0 atom stereocenters. The first-order chi connectivity index (χ1) is 12.8. The monoisotopic (exact) mass is 382 g/mol. The summed E-state index contributed by atoms with van der Waals surface area (Å²) in [5, 5.41) is 4.67. The topological polar surface area (TPSA) is 59.6 Å². The van der Waals surface area contributed by atoms with E-state index in [0.29, 0.717) is 5.75 Å². The zero-order valence-corrected chi connectivity index (χ0v) is 15.0. The molecule has 0 saturated heterocycles. The van der Waals surface area contributed by atoms with Gasteiger partial charge in [-0.1, -0.05) is 12.1 Å². The predicted molar refractivity (Wildman–Crippen MR) is 96.3 cm³/mol. The molecule has 27 heavy (non-hydrogen) atoms. The molecule has 0 aliphatic heterocycles. The molecule has 0 radical (unpaired) electrons. The molecule has 2 N–H and O–H groups in total. The van der Waals surface area contributed by atoms with Crippen molar-refractivity contribution in [1.82, 2.24) is 5.32 Å². The lowest BCUT2D eigenvalue weighted by Crippen LogP contribution is -2.32. The van der Waals surface area contributed by atoms with Gasteiger partial charge in [-0.05, 0) is 49.7 Å². The van der Waals surface area contributed by atoms with Crippen LogP contribution < -0.4 is 20.1 Å². The maximum atomic E-state index is 13.2. The molecule has 8 heteroatoms. The first-order valence-corrected chi connectivity index (χ1v) is 8.38. The fraction of sp³-hybridized carbons (Fsp3) is 0.316. The van der Waals surface area contributed by atoms with E-state index in [2.05, 4.69) is 10.6 Å². The van der Waals surface area contributed by atoms with Gasteiger partial charge >= 0.3 is 12.2 Å². The number of hydrogen-bond acceptors (Lipinski definition) is 3. The minimum absolute atomic E-state index is 0.0855. The minimum atomic E-state index is -4.62. The fourth-order valence-corrected chi connectivity index (χ4v) is 2.33. The van der Waals surface area contributed by atoms with Crippen molar-refractivity contribution in [3.05, 3.63) is 53.6 Å². The van der Waals surface area contributed by atoms with Crippen molar-refractivity contribution in [1.29, 1.82) is 0 Å². The van der Waals surface area contributed by atoms with Gasteiger partial charge < -0.3 is 20.1 Å². The van der Waals surface area contributed by atoms with Crippen molar-refractivity contribution in [2.75, 3.05) is 25.1 Å². The molecule has 2 rings (SSSR count). The second kappa shape index (κ2) is 9.16. The molecule has 0 unspecified atom stereocenters. The highest BCUT2D eigenvalue weighted by atomic mass is 19.4. The number of amides is 2. The summed E-state index contributed by atoms with van der Waals surface area (Å²) >= 11 is 0. The number of carbonyl (C=O) groups excluding carboxylic acids is 1. The average Bonchev–Trinajstić information content (AvgIpc) is 2.59. The van der Waals surface area contributed by atoms with Crippen molar-refractivity contribution in [2.45, 2.75) is 20.0 Å². The first-order valence-electron chi connectivity index (χ1n) is 8.38. The van der Waals surface area contributed by atoms with E-state index >= 15 is 0 Å². The van der Waals surface area contributed by atoms with Crippen molar-refractivity contribution in [3.8, 4) is 11.5 Å². The highest BCUT2D eigenvalue weighted by Gasteiger charge is 2.34. The number of halogens is 3. The number of alkyl halides is 3. The number of anilines is 1. The molecule has 2 amide bonds. The van der Waals surface area contributed by atoms with Crippen LogP contribution in [0.1, 0.15) is 18.1 Å². The molecule has 0 aliphatic carbocycles. The SMILES string of the molecule is CCOc1ccc(NC(=O)NCCOc2cccc(C)c2)c(C(F)(F)F)c1. The maximum absolute atomic E-state index is 13.2. The second-order valence-corrected chi connectivity index (χ2v) is 5.68. The van der Waals surface area contributed by atoms with E-state index < -0.39 is 17.8 Å². The molecule has 2 aromatic rings. The van der Waals surface area contributed by atoms with E-state index in [9.17, 15) is 18.0 Å². The van der Waals surface area contributed by atoms with Crippen LogP contribution in [0.25, 0.3) is 0 Å². The third-order valence-electron chi connectivity index (χ3n) is 3.50. The average molecular weight is 382 g/mol. The predicted octanol–water partition coefficient (Wildman–Crippen LogP) is 4.61. The van der Waals surface area contributed by atoms with E-state index in [1.54, 1.807) is 13.0 Å². The Balaban J connectivity index is 1.91. The van der Waals surface area contributed by atoms with Crippen LogP contribution in [0, 0.1) is 6.92 Å². The molecule has 0 heterocycles. The Hall–Kier alpha value is -2.90. The highest BCUT2D eigenvalue weighted by molar-refractivity contribution is 5.90. The summed E-state index contributed by atoms with van der Waals surface area (Å²) in [5.74, 6) is 0.741. The molecular formula is C19H21F3N2O3. The van der Waals surface area contributed by atoms with E-state index in [1.165, 1.54) is 6.07 Å². The number of benzene rings is 2. The Morgan fingerprint density at radius 2 is 1.81 bits per heavy atom. The Morgan fingerprint density at radius 1 is 1.07 bits per heavy atom. The van der Waals surface area contributed by atoms with Gasteiger partial charge in [-0.2, -0.15) is 13.2 Å². The third kappa shape index (κ3) is 6.40. The van der Waals surface area contributed by atoms with Gasteiger partial charge in [-0.15, -0.1) is 0 Å². The zero-order valence-electron chi connectivity index (χ0n) is 15.0. The van der Waals surface area contributed by atoms with Gasteiger partial charge in [0.25, 0.3) is 0 Å². The van der Waals surface area contributed by atoms with Crippen LogP contribution in [0.5, 0.6) is 11.5 Å². The molecule has 0 spiro atoms. The van der Waals surface area contributed by atoms with Crippen LogP contribution in [0.2, 0.25) is 0 Å². The summed E-state index contributed by atoms with van der Waals surface area (Å²) in [6.45, 7) is 4.16. The zero-order chi connectivity index (χ0) is 19.9. The number of hydrogen-bond donors (Lipinski definition) is 2. The molecular weight excluding hydrogens is 361 g/mol. The summed E-state index contributed by atoms with van der Waals surface area (Å²) in [5.41, 5.74) is -0.281. The van der Waals surface area contributed by atoms with Crippen molar-refractivity contribution < 1.29 is 27.4 Å². The summed E-state index contributed by atoms with van der Waals surface area (Å²) in [6, 6.07) is 10.0. The van der Waals surface area contributed by atoms with Gasteiger partial charge in [-0.25, -0.2) is 4.79 Å². The van der Waals surface area contributed by atoms with Crippen LogP contribution in [-0.2, 0) is 6.18 Å². The van der Waals surface area contributed by atoms with Crippen LogP contribution in [0.3, 0.4) is 0 Å². The smallest absolute Gasteiger partial charge is 0.418 e. The van der Waals surface area contributed by atoms with E-state index in [1.807, 2.05) is 25.1 Å². The number of aryl methyl sites for hydroxylation is 1. The summed E-state index contributed by atoms with van der Waals surface area (Å²) < 4.78 is 50.2. The maximum Gasteiger partial charge on any atom is 0.418 e. The Morgan fingerprint density at radius 3 is 2.48 bits per heavy atom. The lowest BCUT2D eigenvalue weighted by Gasteiger charge is -2.16. The first kappa shape index (κ1) is 20.4. The number of urea groups is 1. The van der Waals surface area contributed by atoms with E-state index in [-0.39, 0.29) is 31.2 Å². The molecule has 2 aromatic carbocycles. The van der Waals surface area contributed by atoms with Gasteiger partial charge in [0, 0.05) is 0 Å². The third-order valence-corrected chi connectivity index (χ3v) is 3.50. The minimum Gasteiger partial charge on any atom is -0.494 e. The normalized spacial score (nSPS) is 11.0. The largest absolute Gasteiger partial charge is 0.494 e. The highest BCUT2D eigenvalue weighted by Crippen LogP contribution is 2.37. The van der Waals surface area contributed by atoms with Crippen LogP contribution >= 0.6 is 0 Å². The second-order valence-electron chi connectivity index (χ2n) is 5.68. The summed E-state index contributed by atoms with van der Waals surface area (Å²) in [4.78, 5) is 11.9. The summed E-state index contributed by atoms with van der Waals surface area (Å²) in [6.07, 6.45) is -4.62.